The lowest BCUT2D eigenvalue weighted by Gasteiger charge is -2.14. The van der Waals surface area contributed by atoms with E-state index >= 15 is 0 Å². The molecule has 0 atom stereocenters. The average Bonchev–Trinajstić information content (AvgIpc) is 2.57. The zero-order valence-electron chi connectivity index (χ0n) is 14.2. The predicted molar refractivity (Wildman–Crippen MR) is 107 cm³/mol. The van der Waals surface area contributed by atoms with Gasteiger partial charge in [0.25, 0.3) is 20.2 Å². The first kappa shape index (κ1) is 23.0. The van der Waals surface area contributed by atoms with Crippen molar-refractivity contribution in [3.05, 3.63) is 50.4 Å². The van der Waals surface area contributed by atoms with Crippen LogP contribution >= 0.6 is 31.9 Å². The molecule has 0 aliphatic carbocycles. The van der Waals surface area contributed by atoms with Crippen molar-refractivity contribution >= 4 is 57.9 Å². The Hall–Kier alpha value is -1.31. The first-order valence-corrected chi connectivity index (χ1v) is 12.1. The van der Waals surface area contributed by atoms with Gasteiger partial charge in [0.2, 0.25) is 0 Å². The van der Waals surface area contributed by atoms with E-state index < -0.39 is 35.8 Å². The van der Waals surface area contributed by atoms with Gasteiger partial charge in [-0.15, -0.1) is 0 Å². The van der Waals surface area contributed by atoms with Crippen LogP contribution in [0.5, 0.6) is 5.75 Å². The second kappa shape index (κ2) is 8.59. The van der Waals surface area contributed by atoms with Gasteiger partial charge in [0.1, 0.15) is 15.5 Å². The Kier molecular flexibility index (Phi) is 7.05. The molecule has 0 bridgehead atoms. The summed E-state index contributed by atoms with van der Waals surface area (Å²) in [6.07, 6.45) is 0.574. The molecule has 12 heteroatoms. The third-order valence-electron chi connectivity index (χ3n) is 3.51. The van der Waals surface area contributed by atoms with Crippen LogP contribution in [0.1, 0.15) is 29.3 Å². The largest absolute Gasteiger partial charge is 0.492 e. The molecule has 0 saturated heterocycles. The van der Waals surface area contributed by atoms with Crippen LogP contribution in [0.2, 0.25) is 0 Å². The van der Waals surface area contributed by atoms with Crippen LogP contribution in [-0.2, 0) is 20.2 Å². The fourth-order valence-electron chi connectivity index (χ4n) is 2.27. The monoisotopic (exact) mass is 556 g/mol. The molecule has 0 saturated carbocycles. The van der Waals surface area contributed by atoms with E-state index in [2.05, 4.69) is 31.9 Å². The van der Waals surface area contributed by atoms with E-state index in [1.807, 2.05) is 6.92 Å². The van der Waals surface area contributed by atoms with Gasteiger partial charge in [-0.3, -0.25) is 13.9 Å². The lowest BCUT2D eigenvalue weighted by Crippen LogP contribution is -2.10. The summed E-state index contributed by atoms with van der Waals surface area (Å²) < 4.78 is 69.4. The molecule has 0 unspecified atom stereocenters. The van der Waals surface area contributed by atoms with E-state index in [4.69, 9.17) is 9.29 Å². The smallest absolute Gasteiger partial charge is 0.295 e. The van der Waals surface area contributed by atoms with Crippen LogP contribution in [0, 0.1) is 0 Å². The summed E-state index contributed by atoms with van der Waals surface area (Å²) in [5, 5.41) is 0. The molecule has 2 aromatic carbocycles. The molecule has 152 valence electrons. The van der Waals surface area contributed by atoms with Crippen molar-refractivity contribution in [2.24, 2.45) is 0 Å². The SMILES string of the molecule is CCCOc1c(C(=O)c2ccc(S(=O)(=O)O)c(Br)c2)ccc(S(=O)(=O)O)c1Br. The Morgan fingerprint density at radius 2 is 1.57 bits per heavy atom. The van der Waals surface area contributed by atoms with Gasteiger partial charge in [0, 0.05) is 10.0 Å². The Bertz CT molecular complexity index is 1140. The lowest BCUT2D eigenvalue weighted by atomic mass is 10.0. The average molecular weight is 558 g/mol. The van der Waals surface area contributed by atoms with E-state index in [9.17, 15) is 26.2 Å². The molecule has 2 rings (SSSR count). The third kappa shape index (κ3) is 4.99. The topological polar surface area (TPSA) is 135 Å². The maximum absolute atomic E-state index is 12.9. The standard InChI is InChI=1S/C16H14Br2O8S2/c1-2-7-26-16-10(4-6-13(14(16)18)28(23,24)25)15(19)9-3-5-12(11(17)8-9)27(20,21)22/h3-6,8H,2,7H2,1H3,(H,20,21,22)(H,23,24,25). The molecule has 0 aliphatic heterocycles. The first-order valence-electron chi connectivity index (χ1n) is 7.62. The maximum atomic E-state index is 12.9. The number of ether oxygens (including phenoxy) is 1. The number of hydrogen-bond acceptors (Lipinski definition) is 6. The summed E-state index contributed by atoms with van der Waals surface area (Å²) in [5.74, 6) is -0.659. The molecule has 0 amide bonds. The highest BCUT2D eigenvalue weighted by atomic mass is 79.9. The summed E-state index contributed by atoms with van der Waals surface area (Å²) in [6, 6.07) is 5.70. The van der Waals surface area contributed by atoms with Crippen molar-refractivity contribution in [3.8, 4) is 5.75 Å². The number of carbonyl (C=O) groups is 1. The summed E-state index contributed by atoms with van der Waals surface area (Å²) in [6.45, 7) is 1.99. The summed E-state index contributed by atoms with van der Waals surface area (Å²) in [4.78, 5) is 12.0. The van der Waals surface area contributed by atoms with Crippen molar-refractivity contribution < 1.29 is 35.5 Å². The predicted octanol–water partition coefficient (Wildman–Crippen LogP) is 3.72. The first-order chi connectivity index (χ1) is 12.9. The molecule has 0 heterocycles. The van der Waals surface area contributed by atoms with Crippen LogP contribution in [0.25, 0.3) is 0 Å². The van der Waals surface area contributed by atoms with Crippen LogP contribution in [0.15, 0.2) is 49.1 Å². The van der Waals surface area contributed by atoms with Crippen molar-refractivity contribution in [3.63, 3.8) is 0 Å². The van der Waals surface area contributed by atoms with Gasteiger partial charge in [-0.25, -0.2) is 0 Å². The Balaban J connectivity index is 2.62. The third-order valence-corrected chi connectivity index (χ3v) is 7.28. The van der Waals surface area contributed by atoms with Gasteiger partial charge < -0.3 is 4.74 Å². The minimum atomic E-state index is -4.56. The zero-order chi connectivity index (χ0) is 21.3. The Labute approximate surface area is 178 Å². The Morgan fingerprint density at radius 1 is 1.00 bits per heavy atom. The highest BCUT2D eigenvalue weighted by molar-refractivity contribution is 9.10. The highest BCUT2D eigenvalue weighted by Gasteiger charge is 2.25. The second-order valence-corrected chi connectivity index (χ2v) is 9.95. The minimum Gasteiger partial charge on any atom is -0.492 e. The van der Waals surface area contributed by atoms with Crippen molar-refractivity contribution in [2.75, 3.05) is 6.61 Å². The fraction of sp³-hybridized carbons (Fsp3) is 0.188. The van der Waals surface area contributed by atoms with Crippen LogP contribution in [0.4, 0.5) is 0 Å². The molecule has 0 fully saturated rings. The summed E-state index contributed by atoms with van der Waals surface area (Å²) in [7, 11) is -9.03. The van der Waals surface area contributed by atoms with Gasteiger partial charge >= 0.3 is 0 Å². The molecule has 2 N–H and O–H groups in total. The van der Waals surface area contributed by atoms with Crippen LogP contribution in [0.3, 0.4) is 0 Å². The number of halogens is 2. The lowest BCUT2D eigenvalue weighted by molar-refractivity contribution is 0.103. The zero-order valence-corrected chi connectivity index (χ0v) is 19.0. The van der Waals surface area contributed by atoms with Crippen LogP contribution < -0.4 is 4.74 Å². The molecule has 28 heavy (non-hydrogen) atoms. The van der Waals surface area contributed by atoms with E-state index in [1.165, 1.54) is 18.2 Å². The molecule has 0 spiro atoms. The number of benzene rings is 2. The van der Waals surface area contributed by atoms with Gasteiger partial charge in [-0.05, 0) is 68.6 Å². The molecular weight excluding hydrogens is 544 g/mol. The summed E-state index contributed by atoms with van der Waals surface area (Å²) >= 11 is 6.05. The van der Waals surface area contributed by atoms with Crippen LogP contribution in [-0.4, -0.2) is 38.3 Å². The van der Waals surface area contributed by atoms with E-state index in [1.54, 1.807) is 0 Å². The molecule has 0 radical (unpaired) electrons. The highest BCUT2D eigenvalue weighted by Crippen LogP contribution is 2.37. The molecule has 2 aromatic rings. The fourth-order valence-corrected chi connectivity index (χ4v) is 5.44. The van der Waals surface area contributed by atoms with E-state index in [0.29, 0.717) is 6.42 Å². The van der Waals surface area contributed by atoms with Gasteiger partial charge in [-0.2, -0.15) is 16.8 Å². The van der Waals surface area contributed by atoms with Crippen molar-refractivity contribution in [1.82, 2.24) is 0 Å². The van der Waals surface area contributed by atoms with E-state index in [-0.39, 0.29) is 32.4 Å². The van der Waals surface area contributed by atoms with Crippen molar-refractivity contribution in [2.45, 2.75) is 23.1 Å². The molecule has 0 aromatic heterocycles. The van der Waals surface area contributed by atoms with Gasteiger partial charge in [-0.1, -0.05) is 6.92 Å². The van der Waals surface area contributed by atoms with E-state index in [0.717, 1.165) is 12.1 Å². The van der Waals surface area contributed by atoms with Crippen molar-refractivity contribution in [1.29, 1.82) is 0 Å². The number of hydrogen-bond donors (Lipinski definition) is 2. The van der Waals surface area contributed by atoms with Gasteiger partial charge in [0.05, 0.1) is 16.6 Å². The number of carbonyl (C=O) groups excluding carboxylic acids is 1. The molecule has 0 aliphatic rings. The summed E-state index contributed by atoms with van der Waals surface area (Å²) in [5.41, 5.74) is 0.0614. The normalized spacial score (nSPS) is 12.0. The number of rotatable bonds is 7. The number of ketones is 1. The quantitative estimate of drug-likeness (QED) is 0.388. The minimum absolute atomic E-state index is 0.000712. The molecule has 8 nitrogen and oxygen atoms in total. The molecular formula is C16H14Br2O8S2. The second-order valence-electron chi connectivity index (χ2n) is 5.53. The van der Waals surface area contributed by atoms with Gasteiger partial charge in [0.15, 0.2) is 5.78 Å². The Morgan fingerprint density at radius 3 is 2.07 bits per heavy atom. The maximum Gasteiger partial charge on any atom is 0.295 e.